The van der Waals surface area contributed by atoms with Crippen LogP contribution >= 0.6 is 0 Å². The Morgan fingerprint density at radius 3 is 2.26 bits per heavy atom. The normalized spacial score (nSPS) is 11.2. The minimum atomic E-state index is -3.83. The monoisotopic (exact) mass is 333 g/mol. The Morgan fingerprint density at radius 1 is 1.09 bits per heavy atom. The lowest BCUT2D eigenvalue weighted by molar-refractivity contribution is 0.0696. The predicted octanol–water partition coefficient (Wildman–Crippen LogP) is 3.16. The lowest BCUT2D eigenvalue weighted by atomic mass is 10.1. The van der Waals surface area contributed by atoms with Crippen molar-refractivity contribution in [3.05, 3.63) is 59.7 Å². The van der Waals surface area contributed by atoms with Crippen molar-refractivity contribution in [1.82, 2.24) is 0 Å². The molecule has 2 aromatic carbocycles. The minimum absolute atomic E-state index is 0.0371. The molecule has 0 heterocycles. The van der Waals surface area contributed by atoms with Crippen LogP contribution in [0.15, 0.2) is 53.4 Å². The second kappa shape index (κ2) is 6.83. The summed E-state index contributed by atoms with van der Waals surface area (Å²) < 4.78 is 27.4. The third-order valence-corrected chi connectivity index (χ3v) is 5.58. The summed E-state index contributed by atoms with van der Waals surface area (Å²) in [6, 6.07) is 13.0. The van der Waals surface area contributed by atoms with E-state index in [2.05, 4.69) is 0 Å². The van der Waals surface area contributed by atoms with Gasteiger partial charge in [-0.2, -0.15) is 0 Å². The van der Waals surface area contributed by atoms with E-state index in [1.807, 2.05) is 13.0 Å². The molecule has 0 unspecified atom stereocenters. The molecule has 0 aromatic heterocycles. The molecule has 6 heteroatoms. The molecule has 23 heavy (non-hydrogen) atoms. The number of rotatable bonds is 6. The van der Waals surface area contributed by atoms with Crippen LogP contribution in [0.25, 0.3) is 0 Å². The number of para-hydroxylation sites is 1. The number of nitrogens with zero attached hydrogens (tertiary/aromatic N) is 1. The highest BCUT2D eigenvalue weighted by molar-refractivity contribution is 7.92. The first-order valence-electron chi connectivity index (χ1n) is 7.35. The van der Waals surface area contributed by atoms with Crippen molar-refractivity contribution in [2.24, 2.45) is 0 Å². The average Bonchev–Trinajstić information content (AvgIpc) is 2.55. The number of carboxylic acids is 1. The molecule has 0 saturated heterocycles. The number of aromatic carboxylic acids is 1. The zero-order valence-electron chi connectivity index (χ0n) is 13.1. The van der Waals surface area contributed by atoms with Gasteiger partial charge >= 0.3 is 5.97 Å². The van der Waals surface area contributed by atoms with Gasteiger partial charge in [-0.3, -0.25) is 4.31 Å². The van der Waals surface area contributed by atoms with Gasteiger partial charge < -0.3 is 5.11 Å². The zero-order chi connectivity index (χ0) is 17.0. The van der Waals surface area contributed by atoms with Gasteiger partial charge in [0.2, 0.25) is 0 Å². The summed E-state index contributed by atoms with van der Waals surface area (Å²) >= 11 is 0. The van der Waals surface area contributed by atoms with Gasteiger partial charge in [0, 0.05) is 6.54 Å². The quantitative estimate of drug-likeness (QED) is 0.881. The average molecular weight is 333 g/mol. The number of benzene rings is 2. The van der Waals surface area contributed by atoms with Crippen LogP contribution in [0.4, 0.5) is 5.69 Å². The van der Waals surface area contributed by atoms with Crippen molar-refractivity contribution in [2.75, 3.05) is 10.8 Å². The van der Waals surface area contributed by atoms with E-state index in [0.29, 0.717) is 17.7 Å². The van der Waals surface area contributed by atoms with E-state index in [0.717, 1.165) is 0 Å². The van der Waals surface area contributed by atoms with Crippen LogP contribution in [0, 0.1) is 0 Å². The maximum Gasteiger partial charge on any atom is 0.335 e. The SMILES string of the molecule is CCc1ccc(C(=O)O)cc1S(=O)(=O)N(CC)c1ccccc1. The summed E-state index contributed by atoms with van der Waals surface area (Å²) in [6.07, 6.45) is 0.501. The van der Waals surface area contributed by atoms with Crippen LogP contribution in [0.1, 0.15) is 29.8 Å². The maximum absolute atomic E-state index is 13.1. The Morgan fingerprint density at radius 2 is 1.74 bits per heavy atom. The second-order valence-corrected chi connectivity index (χ2v) is 6.82. The lowest BCUT2D eigenvalue weighted by Crippen LogP contribution is -2.31. The third kappa shape index (κ3) is 3.37. The number of carbonyl (C=O) groups is 1. The second-order valence-electron chi connectivity index (χ2n) is 4.99. The summed E-state index contributed by atoms with van der Waals surface area (Å²) in [7, 11) is -3.83. The van der Waals surface area contributed by atoms with Crippen molar-refractivity contribution >= 4 is 21.7 Å². The number of sulfonamides is 1. The molecule has 0 aliphatic carbocycles. The Bertz CT molecular complexity index is 801. The number of hydrogen-bond acceptors (Lipinski definition) is 3. The number of anilines is 1. The standard InChI is InChI=1S/C17H19NO4S/c1-3-13-10-11-14(17(19)20)12-16(13)23(21,22)18(4-2)15-8-6-5-7-9-15/h5-12H,3-4H2,1-2H3,(H,19,20). The zero-order valence-corrected chi connectivity index (χ0v) is 13.9. The number of carboxylic acid groups (broad SMARTS) is 1. The van der Waals surface area contributed by atoms with Gasteiger partial charge in [-0.05, 0) is 43.2 Å². The molecule has 5 nitrogen and oxygen atoms in total. The highest BCUT2D eigenvalue weighted by Gasteiger charge is 2.26. The Kier molecular flexibility index (Phi) is 5.05. The van der Waals surface area contributed by atoms with Crippen molar-refractivity contribution in [1.29, 1.82) is 0 Å². The van der Waals surface area contributed by atoms with E-state index in [-0.39, 0.29) is 17.0 Å². The molecule has 0 bridgehead atoms. The topological polar surface area (TPSA) is 74.7 Å². The summed E-state index contributed by atoms with van der Waals surface area (Å²) in [5.74, 6) is -1.15. The van der Waals surface area contributed by atoms with E-state index in [1.165, 1.54) is 16.4 Å². The molecule has 0 saturated carbocycles. The maximum atomic E-state index is 13.1. The van der Waals surface area contributed by atoms with Gasteiger partial charge in [-0.15, -0.1) is 0 Å². The summed E-state index contributed by atoms with van der Waals surface area (Å²) in [4.78, 5) is 11.2. The fourth-order valence-corrected chi connectivity index (χ4v) is 4.22. The lowest BCUT2D eigenvalue weighted by Gasteiger charge is -2.24. The largest absolute Gasteiger partial charge is 0.478 e. The third-order valence-electron chi connectivity index (χ3n) is 3.59. The molecule has 0 fully saturated rings. The predicted molar refractivity (Wildman–Crippen MR) is 89.4 cm³/mol. The number of aryl methyl sites for hydroxylation is 1. The molecule has 0 amide bonds. The highest BCUT2D eigenvalue weighted by atomic mass is 32.2. The Balaban J connectivity index is 2.62. The molecular weight excluding hydrogens is 314 g/mol. The van der Waals surface area contributed by atoms with Crippen molar-refractivity contribution in [2.45, 2.75) is 25.2 Å². The first-order chi connectivity index (χ1) is 10.9. The van der Waals surface area contributed by atoms with E-state index in [4.69, 9.17) is 5.11 Å². The molecule has 2 aromatic rings. The van der Waals surface area contributed by atoms with Gasteiger partial charge in [0.1, 0.15) is 0 Å². The van der Waals surface area contributed by atoms with E-state index >= 15 is 0 Å². The smallest absolute Gasteiger partial charge is 0.335 e. The molecule has 0 radical (unpaired) electrons. The molecule has 1 N–H and O–H groups in total. The first-order valence-corrected chi connectivity index (χ1v) is 8.79. The van der Waals surface area contributed by atoms with Crippen LogP contribution in [0.2, 0.25) is 0 Å². The molecular formula is C17H19NO4S. The fraction of sp³-hybridized carbons (Fsp3) is 0.235. The number of hydrogen-bond donors (Lipinski definition) is 1. The first kappa shape index (κ1) is 17.0. The summed E-state index contributed by atoms with van der Waals surface area (Å²) in [5, 5.41) is 9.14. The van der Waals surface area contributed by atoms with Crippen molar-refractivity contribution in [3.8, 4) is 0 Å². The van der Waals surface area contributed by atoms with Crippen LogP contribution in [-0.2, 0) is 16.4 Å². The summed E-state index contributed by atoms with van der Waals surface area (Å²) in [6.45, 7) is 3.84. The van der Waals surface area contributed by atoms with Gasteiger partial charge in [-0.25, -0.2) is 13.2 Å². The molecule has 0 atom stereocenters. The van der Waals surface area contributed by atoms with E-state index in [9.17, 15) is 13.2 Å². The fourth-order valence-electron chi connectivity index (χ4n) is 2.42. The summed E-state index contributed by atoms with van der Waals surface area (Å²) in [5.41, 5.74) is 1.12. The minimum Gasteiger partial charge on any atom is -0.478 e. The highest BCUT2D eigenvalue weighted by Crippen LogP contribution is 2.27. The molecule has 0 spiro atoms. The van der Waals surface area contributed by atoms with Gasteiger partial charge in [0.05, 0.1) is 16.1 Å². The van der Waals surface area contributed by atoms with Crippen molar-refractivity contribution in [3.63, 3.8) is 0 Å². The van der Waals surface area contributed by atoms with Crippen LogP contribution in [0.5, 0.6) is 0 Å². The van der Waals surface area contributed by atoms with E-state index < -0.39 is 16.0 Å². The van der Waals surface area contributed by atoms with E-state index in [1.54, 1.807) is 37.3 Å². The van der Waals surface area contributed by atoms with Gasteiger partial charge in [0.25, 0.3) is 10.0 Å². The van der Waals surface area contributed by atoms with Crippen LogP contribution in [-0.4, -0.2) is 26.0 Å². The Labute approximate surface area is 136 Å². The van der Waals surface area contributed by atoms with Crippen LogP contribution < -0.4 is 4.31 Å². The van der Waals surface area contributed by atoms with Gasteiger partial charge in [-0.1, -0.05) is 31.2 Å². The van der Waals surface area contributed by atoms with Crippen LogP contribution in [0.3, 0.4) is 0 Å². The van der Waals surface area contributed by atoms with Gasteiger partial charge in [0.15, 0.2) is 0 Å². The molecule has 2 rings (SSSR count). The molecule has 122 valence electrons. The van der Waals surface area contributed by atoms with Crippen molar-refractivity contribution < 1.29 is 18.3 Å². The molecule has 0 aliphatic heterocycles. The Hall–Kier alpha value is -2.34. The molecule has 0 aliphatic rings.